The number of likely N-dealkylation sites (tertiary alicyclic amines) is 1. The third kappa shape index (κ3) is 6.68. The maximum atomic E-state index is 10.6. The summed E-state index contributed by atoms with van der Waals surface area (Å²) in [6, 6.07) is 2.03. The van der Waals surface area contributed by atoms with E-state index in [-0.39, 0.29) is 5.60 Å². The monoisotopic (exact) mass is 420 g/mol. The molecule has 1 spiro atoms. The summed E-state index contributed by atoms with van der Waals surface area (Å²) in [5.41, 5.74) is 1.03. The van der Waals surface area contributed by atoms with Crippen LogP contribution >= 0.6 is 0 Å². The largest absolute Gasteiger partial charge is 0.490 e. The summed E-state index contributed by atoms with van der Waals surface area (Å²) >= 11 is 0. The second-order valence-corrected chi connectivity index (χ2v) is 8.14. The van der Waals surface area contributed by atoms with Gasteiger partial charge < -0.3 is 19.1 Å². The number of halogens is 3. The van der Waals surface area contributed by atoms with Crippen LogP contribution < -0.4 is 0 Å². The molecule has 1 saturated carbocycles. The molecular weight excluding hydrogens is 393 g/mol. The number of carboxylic acids is 1. The summed E-state index contributed by atoms with van der Waals surface area (Å²) in [6.45, 7) is 6.61. The zero-order chi connectivity index (χ0) is 21.1. The maximum Gasteiger partial charge on any atom is 0.490 e. The van der Waals surface area contributed by atoms with E-state index in [9.17, 15) is 13.2 Å². The smallest absolute Gasteiger partial charge is 0.475 e. The molecule has 1 aliphatic carbocycles. The van der Waals surface area contributed by atoms with E-state index in [0.717, 1.165) is 63.1 Å². The minimum Gasteiger partial charge on any atom is -0.475 e. The first-order valence-corrected chi connectivity index (χ1v) is 9.85. The van der Waals surface area contributed by atoms with Crippen molar-refractivity contribution in [3.63, 3.8) is 0 Å². The van der Waals surface area contributed by atoms with Gasteiger partial charge in [-0.05, 0) is 45.1 Å². The number of nitrogens with zero attached hydrogens (tertiary/aromatic N) is 2. The van der Waals surface area contributed by atoms with Crippen molar-refractivity contribution in [1.29, 1.82) is 0 Å². The number of hydrogen-bond acceptors (Lipinski definition) is 6. The van der Waals surface area contributed by atoms with Crippen LogP contribution in [0, 0.1) is 12.8 Å². The maximum absolute atomic E-state index is 10.6. The molecule has 2 saturated heterocycles. The highest BCUT2D eigenvalue weighted by Gasteiger charge is 2.44. The van der Waals surface area contributed by atoms with Crippen molar-refractivity contribution >= 4 is 5.97 Å². The molecule has 1 aromatic rings. The Morgan fingerprint density at radius 1 is 1.45 bits per heavy atom. The molecule has 0 radical (unpaired) electrons. The lowest BCUT2D eigenvalue weighted by Crippen LogP contribution is -2.47. The quantitative estimate of drug-likeness (QED) is 0.783. The molecule has 1 N–H and O–H groups in total. The van der Waals surface area contributed by atoms with Crippen molar-refractivity contribution < 1.29 is 37.1 Å². The normalized spacial score (nSPS) is 27.7. The van der Waals surface area contributed by atoms with Gasteiger partial charge in [0.25, 0.3) is 0 Å². The molecule has 3 fully saturated rings. The van der Waals surface area contributed by atoms with Gasteiger partial charge in [0.05, 0.1) is 24.0 Å². The van der Waals surface area contributed by atoms with Crippen LogP contribution in [0.5, 0.6) is 0 Å². The molecule has 10 heteroatoms. The number of carbonyl (C=O) groups is 1. The van der Waals surface area contributed by atoms with E-state index in [1.807, 2.05) is 13.0 Å². The summed E-state index contributed by atoms with van der Waals surface area (Å²) in [7, 11) is 0. The summed E-state index contributed by atoms with van der Waals surface area (Å²) in [6.07, 6.45) is 1.31. The van der Waals surface area contributed by atoms with Crippen LogP contribution in [0.4, 0.5) is 13.2 Å². The minimum atomic E-state index is -5.08. The molecule has 1 aromatic heterocycles. The number of alkyl halides is 3. The third-order valence-corrected chi connectivity index (χ3v) is 5.36. The van der Waals surface area contributed by atoms with Gasteiger partial charge in [0.1, 0.15) is 5.76 Å². The summed E-state index contributed by atoms with van der Waals surface area (Å²) in [4.78, 5) is 11.3. The Labute approximate surface area is 167 Å². The second-order valence-electron chi connectivity index (χ2n) is 8.14. The lowest BCUT2D eigenvalue weighted by atomic mass is 9.89. The number of aromatic nitrogens is 1. The van der Waals surface area contributed by atoms with Crippen LogP contribution in [0.25, 0.3) is 0 Å². The van der Waals surface area contributed by atoms with E-state index >= 15 is 0 Å². The highest BCUT2D eigenvalue weighted by Crippen LogP contribution is 2.37. The van der Waals surface area contributed by atoms with Crippen molar-refractivity contribution in [3.05, 3.63) is 17.5 Å². The van der Waals surface area contributed by atoms with Crippen molar-refractivity contribution in [2.75, 3.05) is 26.3 Å². The molecule has 4 rings (SSSR count). The number of carboxylic acid groups (broad SMARTS) is 1. The first-order valence-electron chi connectivity index (χ1n) is 9.85. The summed E-state index contributed by atoms with van der Waals surface area (Å²) < 4.78 is 49.2. The van der Waals surface area contributed by atoms with Crippen LogP contribution in [0.3, 0.4) is 0 Å². The Bertz CT molecular complexity index is 692. The van der Waals surface area contributed by atoms with Gasteiger partial charge in [-0.2, -0.15) is 13.2 Å². The Morgan fingerprint density at radius 2 is 2.17 bits per heavy atom. The first kappa shape index (κ1) is 22.0. The molecule has 7 nitrogen and oxygen atoms in total. The van der Waals surface area contributed by atoms with Crippen molar-refractivity contribution in [2.45, 2.75) is 63.5 Å². The van der Waals surface area contributed by atoms with Gasteiger partial charge in [0.15, 0.2) is 0 Å². The number of rotatable bonds is 5. The van der Waals surface area contributed by atoms with Crippen LogP contribution in [0.15, 0.2) is 10.6 Å². The molecule has 164 valence electrons. The molecule has 3 heterocycles. The van der Waals surface area contributed by atoms with Gasteiger partial charge in [-0.1, -0.05) is 5.16 Å². The number of hydrogen-bond donors (Lipinski definition) is 1. The van der Waals surface area contributed by atoms with Gasteiger partial charge in [-0.25, -0.2) is 4.79 Å². The number of ether oxygens (including phenoxy) is 2. The average molecular weight is 420 g/mol. The van der Waals surface area contributed by atoms with Gasteiger partial charge in [-0.3, -0.25) is 4.90 Å². The highest BCUT2D eigenvalue weighted by molar-refractivity contribution is 5.73. The van der Waals surface area contributed by atoms with Crippen molar-refractivity contribution in [1.82, 2.24) is 10.1 Å². The van der Waals surface area contributed by atoms with Crippen molar-refractivity contribution in [3.8, 4) is 0 Å². The molecule has 0 bridgehead atoms. The topological polar surface area (TPSA) is 85.0 Å². The fourth-order valence-electron chi connectivity index (χ4n) is 3.80. The second kappa shape index (κ2) is 9.01. The minimum absolute atomic E-state index is 0.00521. The first-order chi connectivity index (χ1) is 13.7. The van der Waals surface area contributed by atoms with Crippen molar-refractivity contribution in [2.24, 2.45) is 5.92 Å². The molecular formula is C19H27F3N2O5. The molecule has 2 aliphatic heterocycles. The predicted molar refractivity (Wildman–Crippen MR) is 95.2 cm³/mol. The SMILES string of the molecule is Cc1cc(CN2CCC[C@]3(C[C@H](OCC4CC4)CO3)C2)no1.O=C(O)C(F)(F)F. The Hall–Kier alpha value is -1.65. The van der Waals surface area contributed by atoms with Crippen LogP contribution in [-0.2, 0) is 20.8 Å². The van der Waals surface area contributed by atoms with E-state index in [2.05, 4.69) is 10.1 Å². The molecule has 0 aromatic carbocycles. The van der Waals surface area contributed by atoms with E-state index in [0.29, 0.717) is 6.10 Å². The van der Waals surface area contributed by atoms with E-state index in [4.69, 9.17) is 23.9 Å². The van der Waals surface area contributed by atoms with E-state index in [1.165, 1.54) is 19.3 Å². The molecule has 3 aliphatic rings. The molecule has 29 heavy (non-hydrogen) atoms. The lowest BCUT2D eigenvalue weighted by Gasteiger charge is -2.39. The highest BCUT2D eigenvalue weighted by atomic mass is 19.4. The number of aryl methyl sites for hydroxylation is 1. The van der Waals surface area contributed by atoms with Gasteiger partial charge >= 0.3 is 12.1 Å². The summed E-state index contributed by atoms with van der Waals surface area (Å²) in [5, 5.41) is 11.2. The lowest BCUT2D eigenvalue weighted by molar-refractivity contribution is -0.192. The standard InChI is InChI=1S/C17H26N2O3.C2HF3O2/c1-13-7-15(18-22-13)9-19-6-2-5-17(12-19)8-16(11-21-17)20-10-14-3-4-14;3-2(4,5)1(6)7/h7,14,16H,2-6,8-12H2,1H3;(H,6,7)/t16-,17-;/m0./s1. The van der Waals surface area contributed by atoms with Gasteiger partial charge in [-0.15, -0.1) is 0 Å². The van der Waals surface area contributed by atoms with Crippen LogP contribution in [0.2, 0.25) is 0 Å². The Kier molecular flexibility index (Phi) is 6.85. The fraction of sp³-hybridized carbons (Fsp3) is 0.789. The summed E-state index contributed by atoms with van der Waals surface area (Å²) in [5.74, 6) is -1.05. The van der Waals surface area contributed by atoms with Crippen LogP contribution in [0.1, 0.15) is 43.6 Å². The zero-order valence-corrected chi connectivity index (χ0v) is 16.4. The predicted octanol–water partition coefficient (Wildman–Crippen LogP) is 3.17. The Morgan fingerprint density at radius 3 is 2.76 bits per heavy atom. The zero-order valence-electron chi connectivity index (χ0n) is 16.4. The van der Waals surface area contributed by atoms with E-state index in [1.54, 1.807) is 0 Å². The third-order valence-electron chi connectivity index (χ3n) is 5.36. The molecule has 0 unspecified atom stereocenters. The average Bonchev–Trinajstić information content (AvgIpc) is 3.27. The number of aliphatic carboxylic acids is 1. The molecule has 2 atom stereocenters. The Balaban J connectivity index is 0.000000298. The van der Waals surface area contributed by atoms with E-state index < -0.39 is 12.1 Å². The van der Waals surface area contributed by atoms with Gasteiger partial charge in [0.2, 0.25) is 0 Å². The molecule has 0 amide bonds. The number of piperidine rings is 1. The van der Waals surface area contributed by atoms with Gasteiger partial charge in [0, 0.05) is 32.2 Å². The van der Waals surface area contributed by atoms with Crippen LogP contribution in [-0.4, -0.2) is 65.3 Å². The fourth-order valence-corrected chi connectivity index (χ4v) is 3.80.